The van der Waals surface area contributed by atoms with Gasteiger partial charge in [0.2, 0.25) is 0 Å². The van der Waals surface area contributed by atoms with Gasteiger partial charge < -0.3 is 5.73 Å². The summed E-state index contributed by atoms with van der Waals surface area (Å²) >= 11 is 13.6. The lowest BCUT2D eigenvalue weighted by molar-refractivity contribution is 1.29. The standard InChI is InChI=1S/C13H11Cl2NS/c1-8-6-10(16)3-5-12(8)17-13-4-2-9(14)7-11(13)15/h2-7H,16H2,1H3. The van der Waals surface area contributed by atoms with E-state index >= 15 is 0 Å². The van der Waals surface area contributed by atoms with Gasteiger partial charge in [0.15, 0.2) is 0 Å². The predicted octanol–water partition coefficient (Wildman–Crippen LogP) is 5.04. The fourth-order valence-corrected chi connectivity index (χ4v) is 2.87. The first-order valence-corrected chi connectivity index (χ1v) is 6.62. The molecule has 2 aromatic carbocycles. The summed E-state index contributed by atoms with van der Waals surface area (Å²) in [4.78, 5) is 2.13. The predicted molar refractivity (Wildman–Crippen MR) is 76.2 cm³/mol. The van der Waals surface area contributed by atoms with Crippen LogP contribution in [0.5, 0.6) is 0 Å². The van der Waals surface area contributed by atoms with Gasteiger partial charge in [-0.2, -0.15) is 0 Å². The highest BCUT2D eigenvalue weighted by molar-refractivity contribution is 7.99. The quantitative estimate of drug-likeness (QED) is 0.782. The van der Waals surface area contributed by atoms with Gasteiger partial charge in [0.05, 0.1) is 5.02 Å². The van der Waals surface area contributed by atoms with Crippen molar-refractivity contribution in [3.8, 4) is 0 Å². The molecule has 0 fully saturated rings. The Balaban J connectivity index is 2.31. The van der Waals surface area contributed by atoms with Gasteiger partial charge in [0, 0.05) is 20.5 Å². The molecule has 0 aliphatic heterocycles. The first-order chi connectivity index (χ1) is 8.06. The summed E-state index contributed by atoms with van der Waals surface area (Å²) in [6.45, 7) is 2.03. The van der Waals surface area contributed by atoms with E-state index in [-0.39, 0.29) is 0 Å². The Morgan fingerprint density at radius 1 is 1.00 bits per heavy atom. The van der Waals surface area contributed by atoms with Crippen LogP contribution in [-0.2, 0) is 0 Å². The molecule has 0 amide bonds. The third-order valence-corrected chi connectivity index (χ3v) is 4.23. The number of halogens is 2. The molecule has 0 bridgehead atoms. The molecule has 0 unspecified atom stereocenters. The number of nitrogens with two attached hydrogens (primary N) is 1. The number of anilines is 1. The highest BCUT2D eigenvalue weighted by Gasteiger charge is 2.06. The zero-order chi connectivity index (χ0) is 12.4. The van der Waals surface area contributed by atoms with E-state index in [1.807, 2.05) is 37.3 Å². The summed E-state index contributed by atoms with van der Waals surface area (Å²) < 4.78 is 0. The molecule has 17 heavy (non-hydrogen) atoms. The molecule has 0 aromatic heterocycles. The third-order valence-electron chi connectivity index (χ3n) is 2.31. The second kappa shape index (κ2) is 5.21. The number of hydrogen-bond donors (Lipinski definition) is 1. The first-order valence-electron chi connectivity index (χ1n) is 5.05. The molecule has 0 atom stereocenters. The monoisotopic (exact) mass is 283 g/mol. The maximum absolute atomic E-state index is 6.13. The lowest BCUT2D eigenvalue weighted by Gasteiger charge is -2.08. The lowest BCUT2D eigenvalue weighted by atomic mass is 10.2. The summed E-state index contributed by atoms with van der Waals surface area (Å²) in [5, 5.41) is 1.31. The van der Waals surface area contributed by atoms with Crippen molar-refractivity contribution >= 4 is 40.7 Å². The fraction of sp³-hybridized carbons (Fsp3) is 0.0769. The molecular formula is C13H11Cl2NS. The Morgan fingerprint density at radius 3 is 2.35 bits per heavy atom. The van der Waals surface area contributed by atoms with E-state index < -0.39 is 0 Å². The molecule has 88 valence electrons. The topological polar surface area (TPSA) is 26.0 Å². The van der Waals surface area contributed by atoms with E-state index in [0.717, 1.165) is 21.0 Å². The number of hydrogen-bond acceptors (Lipinski definition) is 2. The molecule has 2 N–H and O–H groups in total. The van der Waals surface area contributed by atoms with Crippen LogP contribution in [0.15, 0.2) is 46.2 Å². The number of nitrogen functional groups attached to an aromatic ring is 1. The minimum atomic E-state index is 0.647. The van der Waals surface area contributed by atoms with Gasteiger partial charge in [-0.05, 0) is 48.9 Å². The zero-order valence-corrected chi connectivity index (χ0v) is 11.5. The van der Waals surface area contributed by atoms with E-state index in [4.69, 9.17) is 28.9 Å². The van der Waals surface area contributed by atoms with E-state index in [9.17, 15) is 0 Å². The van der Waals surface area contributed by atoms with Gasteiger partial charge in [-0.1, -0.05) is 35.0 Å². The summed E-state index contributed by atoms with van der Waals surface area (Å²) in [5.41, 5.74) is 7.63. The zero-order valence-electron chi connectivity index (χ0n) is 9.21. The van der Waals surface area contributed by atoms with Gasteiger partial charge in [0.25, 0.3) is 0 Å². The largest absolute Gasteiger partial charge is 0.399 e. The van der Waals surface area contributed by atoms with Crippen molar-refractivity contribution in [2.45, 2.75) is 16.7 Å². The van der Waals surface area contributed by atoms with Gasteiger partial charge in [-0.25, -0.2) is 0 Å². The lowest BCUT2D eigenvalue weighted by Crippen LogP contribution is -1.87. The highest BCUT2D eigenvalue weighted by atomic mass is 35.5. The summed E-state index contributed by atoms with van der Waals surface area (Å²) in [6.07, 6.45) is 0. The minimum Gasteiger partial charge on any atom is -0.399 e. The molecule has 0 spiro atoms. The molecule has 4 heteroatoms. The van der Waals surface area contributed by atoms with E-state index in [1.165, 1.54) is 0 Å². The maximum atomic E-state index is 6.13. The normalized spacial score (nSPS) is 10.5. The van der Waals surface area contributed by atoms with E-state index in [1.54, 1.807) is 17.8 Å². The maximum Gasteiger partial charge on any atom is 0.0560 e. The molecule has 0 radical (unpaired) electrons. The number of benzene rings is 2. The Hall–Kier alpha value is -0.830. The van der Waals surface area contributed by atoms with Gasteiger partial charge in [0.1, 0.15) is 0 Å². The van der Waals surface area contributed by atoms with Crippen LogP contribution in [0.4, 0.5) is 5.69 Å². The average molecular weight is 284 g/mol. The summed E-state index contributed by atoms with van der Waals surface area (Å²) in [6, 6.07) is 11.3. The van der Waals surface area contributed by atoms with Crippen LogP contribution in [-0.4, -0.2) is 0 Å². The summed E-state index contributed by atoms with van der Waals surface area (Å²) in [7, 11) is 0. The van der Waals surface area contributed by atoms with Gasteiger partial charge >= 0.3 is 0 Å². The summed E-state index contributed by atoms with van der Waals surface area (Å²) in [5.74, 6) is 0. The van der Waals surface area contributed by atoms with Crippen molar-refractivity contribution in [1.29, 1.82) is 0 Å². The van der Waals surface area contributed by atoms with Crippen molar-refractivity contribution in [2.75, 3.05) is 5.73 Å². The molecule has 1 nitrogen and oxygen atoms in total. The molecule has 0 saturated carbocycles. The SMILES string of the molecule is Cc1cc(N)ccc1Sc1ccc(Cl)cc1Cl. The average Bonchev–Trinajstić information content (AvgIpc) is 2.25. The molecular weight excluding hydrogens is 273 g/mol. The first kappa shape index (κ1) is 12.6. The number of aryl methyl sites for hydroxylation is 1. The number of rotatable bonds is 2. The molecule has 2 rings (SSSR count). The van der Waals surface area contributed by atoms with Crippen LogP contribution >= 0.6 is 35.0 Å². The molecule has 0 aliphatic rings. The second-order valence-corrected chi connectivity index (χ2v) is 5.63. The van der Waals surface area contributed by atoms with Crippen molar-refractivity contribution in [2.24, 2.45) is 0 Å². The molecule has 0 heterocycles. The van der Waals surface area contributed by atoms with Crippen molar-refractivity contribution < 1.29 is 0 Å². The molecule has 0 aliphatic carbocycles. The van der Waals surface area contributed by atoms with Crippen molar-refractivity contribution in [1.82, 2.24) is 0 Å². The van der Waals surface area contributed by atoms with Crippen LogP contribution in [0.3, 0.4) is 0 Å². The van der Waals surface area contributed by atoms with Crippen LogP contribution in [0, 0.1) is 6.92 Å². The van der Waals surface area contributed by atoms with Crippen molar-refractivity contribution in [3.63, 3.8) is 0 Å². The molecule has 2 aromatic rings. The molecule has 0 saturated heterocycles. The van der Waals surface area contributed by atoms with Crippen LogP contribution < -0.4 is 5.73 Å². The Labute approximate surface area is 115 Å². The minimum absolute atomic E-state index is 0.647. The van der Waals surface area contributed by atoms with Crippen LogP contribution in [0.2, 0.25) is 10.0 Å². The van der Waals surface area contributed by atoms with E-state index in [2.05, 4.69) is 0 Å². The van der Waals surface area contributed by atoms with Gasteiger partial charge in [-0.15, -0.1) is 0 Å². The van der Waals surface area contributed by atoms with Crippen LogP contribution in [0.1, 0.15) is 5.56 Å². The fourth-order valence-electron chi connectivity index (χ4n) is 1.46. The Bertz CT molecular complexity index is 506. The van der Waals surface area contributed by atoms with Crippen molar-refractivity contribution in [3.05, 3.63) is 52.0 Å². The van der Waals surface area contributed by atoms with Gasteiger partial charge in [-0.3, -0.25) is 0 Å². The second-order valence-electron chi connectivity index (χ2n) is 3.70. The third kappa shape index (κ3) is 3.09. The van der Waals surface area contributed by atoms with E-state index in [0.29, 0.717) is 10.0 Å². The Kier molecular flexibility index (Phi) is 3.87. The highest BCUT2D eigenvalue weighted by Crippen LogP contribution is 2.36. The smallest absolute Gasteiger partial charge is 0.0560 e. The Morgan fingerprint density at radius 2 is 1.71 bits per heavy atom. The van der Waals surface area contributed by atoms with Crippen LogP contribution in [0.25, 0.3) is 0 Å².